The van der Waals surface area contributed by atoms with Gasteiger partial charge in [0.2, 0.25) is 0 Å². The zero-order valence-corrected chi connectivity index (χ0v) is 10.2. The highest BCUT2D eigenvalue weighted by molar-refractivity contribution is 5.94. The fraction of sp³-hybridized carbons (Fsp3) is 0.308. The van der Waals surface area contributed by atoms with Crippen LogP contribution in [0.4, 0.5) is 4.39 Å². The monoisotopic (exact) mass is 253 g/mol. The van der Waals surface area contributed by atoms with Gasteiger partial charge in [-0.3, -0.25) is 4.79 Å². The summed E-state index contributed by atoms with van der Waals surface area (Å²) in [5.41, 5.74) is -0.0780. The Labute approximate surface area is 105 Å². The quantitative estimate of drug-likeness (QED) is 0.786. The van der Waals surface area contributed by atoms with Gasteiger partial charge in [-0.05, 0) is 12.1 Å². The van der Waals surface area contributed by atoms with Crippen molar-refractivity contribution in [1.29, 1.82) is 0 Å². The molecule has 1 N–H and O–H groups in total. The number of aromatic hydroxyl groups is 1. The predicted molar refractivity (Wildman–Crippen MR) is 66.0 cm³/mol. The van der Waals surface area contributed by atoms with E-state index in [1.807, 2.05) is 0 Å². The normalized spacial score (nSPS) is 10.1. The lowest BCUT2D eigenvalue weighted by Crippen LogP contribution is -2.34. The summed E-state index contributed by atoms with van der Waals surface area (Å²) in [6.45, 7) is 4.57. The maximum Gasteiger partial charge on any atom is 0.257 e. The summed E-state index contributed by atoms with van der Waals surface area (Å²) >= 11 is 0. The van der Waals surface area contributed by atoms with E-state index in [-0.39, 0.29) is 11.3 Å². The van der Waals surface area contributed by atoms with Crippen molar-refractivity contribution in [2.75, 3.05) is 26.8 Å². The molecule has 0 fully saturated rings. The summed E-state index contributed by atoms with van der Waals surface area (Å²) in [7, 11) is 1.53. The Morgan fingerprint density at radius 1 is 1.61 bits per heavy atom. The fourth-order valence-electron chi connectivity index (χ4n) is 1.48. The number of halogens is 1. The van der Waals surface area contributed by atoms with Crippen LogP contribution in [0.2, 0.25) is 0 Å². The molecule has 1 aromatic rings. The zero-order valence-electron chi connectivity index (χ0n) is 10.2. The highest BCUT2D eigenvalue weighted by Gasteiger charge is 2.18. The average Bonchev–Trinajstić information content (AvgIpc) is 2.33. The Hall–Kier alpha value is -1.88. The fourth-order valence-corrected chi connectivity index (χ4v) is 1.48. The van der Waals surface area contributed by atoms with Crippen LogP contribution in [0.1, 0.15) is 10.4 Å². The van der Waals surface area contributed by atoms with Gasteiger partial charge in [0.1, 0.15) is 11.6 Å². The molecule has 0 aliphatic heterocycles. The van der Waals surface area contributed by atoms with Gasteiger partial charge in [-0.25, -0.2) is 4.39 Å². The van der Waals surface area contributed by atoms with Crippen LogP contribution in [-0.2, 0) is 4.74 Å². The number of ether oxygens (including phenoxy) is 1. The van der Waals surface area contributed by atoms with E-state index in [0.717, 1.165) is 6.07 Å². The Kier molecular flexibility index (Phi) is 5.32. The molecule has 98 valence electrons. The lowest BCUT2D eigenvalue weighted by atomic mass is 10.1. The van der Waals surface area contributed by atoms with Crippen molar-refractivity contribution in [2.24, 2.45) is 0 Å². The summed E-state index contributed by atoms with van der Waals surface area (Å²) in [6.07, 6.45) is 1.56. The van der Waals surface area contributed by atoms with Gasteiger partial charge in [-0.2, -0.15) is 0 Å². The second-order valence-corrected chi connectivity index (χ2v) is 3.70. The maximum absolute atomic E-state index is 13.6. The minimum atomic E-state index is -0.744. The second kappa shape index (κ2) is 6.76. The molecule has 0 aromatic heterocycles. The van der Waals surface area contributed by atoms with E-state index in [2.05, 4.69) is 6.58 Å². The van der Waals surface area contributed by atoms with Gasteiger partial charge in [-0.1, -0.05) is 6.08 Å². The van der Waals surface area contributed by atoms with Crippen LogP contribution in [0.15, 0.2) is 30.9 Å². The molecule has 0 aliphatic rings. The number of nitrogens with zero attached hydrogens (tertiary/aromatic N) is 1. The first-order valence-corrected chi connectivity index (χ1v) is 5.47. The molecule has 0 spiro atoms. The number of amides is 1. The van der Waals surface area contributed by atoms with Crippen molar-refractivity contribution in [1.82, 2.24) is 4.90 Å². The summed E-state index contributed by atoms with van der Waals surface area (Å²) in [6, 6.07) is 3.45. The number of rotatable bonds is 6. The van der Waals surface area contributed by atoms with Crippen molar-refractivity contribution in [3.05, 3.63) is 42.2 Å². The maximum atomic E-state index is 13.6. The molecule has 18 heavy (non-hydrogen) atoms. The zero-order chi connectivity index (χ0) is 13.5. The number of carbonyl (C=O) groups excluding carboxylic acids is 1. The van der Waals surface area contributed by atoms with Gasteiger partial charge in [0.25, 0.3) is 5.91 Å². The topological polar surface area (TPSA) is 49.8 Å². The lowest BCUT2D eigenvalue weighted by Gasteiger charge is -2.21. The number of phenolic OH excluding ortho intramolecular Hbond substituents is 1. The van der Waals surface area contributed by atoms with Gasteiger partial charge < -0.3 is 14.7 Å². The van der Waals surface area contributed by atoms with Gasteiger partial charge in [0.05, 0.1) is 12.2 Å². The van der Waals surface area contributed by atoms with Crippen molar-refractivity contribution >= 4 is 5.91 Å². The molecular formula is C13H16FNO3. The van der Waals surface area contributed by atoms with Gasteiger partial charge in [0, 0.05) is 26.3 Å². The van der Waals surface area contributed by atoms with E-state index in [1.54, 1.807) is 6.08 Å². The van der Waals surface area contributed by atoms with Crippen molar-refractivity contribution in [2.45, 2.75) is 0 Å². The third-order valence-electron chi connectivity index (χ3n) is 2.39. The van der Waals surface area contributed by atoms with E-state index < -0.39 is 11.7 Å². The lowest BCUT2D eigenvalue weighted by molar-refractivity contribution is 0.0713. The van der Waals surface area contributed by atoms with Gasteiger partial charge >= 0.3 is 0 Å². The molecule has 1 aromatic carbocycles. The molecule has 0 bridgehead atoms. The first-order valence-electron chi connectivity index (χ1n) is 5.47. The summed E-state index contributed by atoms with van der Waals surface area (Å²) < 4.78 is 18.5. The van der Waals surface area contributed by atoms with E-state index in [4.69, 9.17) is 9.84 Å². The van der Waals surface area contributed by atoms with Crippen LogP contribution in [0.25, 0.3) is 0 Å². The predicted octanol–water partition coefficient (Wildman–Crippen LogP) is 1.81. The highest BCUT2D eigenvalue weighted by atomic mass is 19.1. The van der Waals surface area contributed by atoms with E-state index in [9.17, 15) is 9.18 Å². The van der Waals surface area contributed by atoms with Crippen LogP contribution in [0, 0.1) is 5.82 Å². The Morgan fingerprint density at radius 3 is 2.89 bits per heavy atom. The number of hydrogen-bond donors (Lipinski definition) is 1. The Balaban J connectivity index is 2.90. The number of methoxy groups -OCH3 is 1. The Bertz CT molecular complexity index is 434. The third-order valence-corrected chi connectivity index (χ3v) is 2.39. The molecule has 0 atom stereocenters. The number of phenols is 1. The molecule has 1 rings (SSSR count). The van der Waals surface area contributed by atoms with Crippen molar-refractivity contribution in [3.63, 3.8) is 0 Å². The number of hydrogen-bond acceptors (Lipinski definition) is 3. The minimum Gasteiger partial charge on any atom is -0.508 e. The standard InChI is InChI=1S/C13H16FNO3/c1-3-6-15(7-8-18-2)13(17)11-5-4-10(16)9-12(11)14/h3-5,9,16H,1,6-8H2,2H3. The van der Waals surface area contributed by atoms with Gasteiger partial charge in [-0.15, -0.1) is 6.58 Å². The van der Waals surface area contributed by atoms with Crippen molar-refractivity contribution < 1.29 is 19.0 Å². The number of carbonyl (C=O) groups is 1. The molecule has 0 saturated heterocycles. The molecule has 0 heterocycles. The molecule has 0 saturated carbocycles. The Morgan fingerprint density at radius 2 is 2.33 bits per heavy atom. The minimum absolute atomic E-state index is 0.0780. The van der Waals surface area contributed by atoms with Crippen LogP contribution in [0.5, 0.6) is 5.75 Å². The van der Waals surface area contributed by atoms with E-state index in [1.165, 1.54) is 24.1 Å². The smallest absolute Gasteiger partial charge is 0.257 e. The molecule has 1 amide bonds. The molecule has 0 radical (unpaired) electrons. The highest BCUT2D eigenvalue weighted by Crippen LogP contribution is 2.16. The van der Waals surface area contributed by atoms with Crippen LogP contribution in [-0.4, -0.2) is 42.7 Å². The first-order chi connectivity index (χ1) is 8.60. The molecule has 4 nitrogen and oxygen atoms in total. The average molecular weight is 253 g/mol. The largest absolute Gasteiger partial charge is 0.508 e. The van der Waals surface area contributed by atoms with Gasteiger partial charge in [0.15, 0.2) is 0 Å². The molecule has 5 heteroatoms. The van der Waals surface area contributed by atoms with Crippen LogP contribution < -0.4 is 0 Å². The summed E-state index contributed by atoms with van der Waals surface area (Å²) in [4.78, 5) is 13.5. The second-order valence-electron chi connectivity index (χ2n) is 3.70. The molecular weight excluding hydrogens is 237 g/mol. The SMILES string of the molecule is C=CCN(CCOC)C(=O)c1ccc(O)cc1F. The van der Waals surface area contributed by atoms with E-state index in [0.29, 0.717) is 19.7 Å². The molecule has 0 unspecified atom stereocenters. The molecule has 0 aliphatic carbocycles. The van der Waals surface area contributed by atoms with E-state index >= 15 is 0 Å². The van der Waals surface area contributed by atoms with Crippen LogP contribution >= 0.6 is 0 Å². The van der Waals surface area contributed by atoms with Crippen LogP contribution in [0.3, 0.4) is 0 Å². The summed E-state index contributed by atoms with van der Waals surface area (Å²) in [5, 5.41) is 9.10. The van der Waals surface area contributed by atoms with Crippen molar-refractivity contribution in [3.8, 4) is 5.75 Å². The number of benzene rings is 1. The first kappa shape index (κ1) is 14.2. The third kappa shape index (κ3) is 3.56. The summed E-state index contributed by atoms with van der Waals surface area (Å²) in [5.74, 6) is -1.41.